The quantitative estimate of drug-likeness (QED) is 0.895. The van der Waals surface area contributed by atoms with Crippen molar-refractivity contribution in [3.63, 3.8) is 0 Å². The van der Waals surface area contributed by atoms with Gasteiger partial charge in [0.1, 0.15) is 5.00 Å². The maximum absolute atomic E-state index is 12.1. The van der Waals surface area contributed by atoms with Gasteiger partial charge in [0.25, 0.3) is 0 Å². The van der Waals surface area contributed by atoms with Gasteiger partial charge in [0.15, 0.2) is 0 Å². The summed E-state index contributed by atoms with van der Waals surface area (Å²) < 4.78 is 0. The van der Waals surface area contributed by atoms with E-state index in [0.717, 1.165) is 29.7 Å². The van der Waals surface area contributed by atoms with Crippen LogP contribution in [0.5, 0.6) is 0 Å². The molecule has 1 aromatic heterocycles. The van der Waals surface area contributed by atoms with Crippen LogP contribution in [0.1, 0.15) is 40.1 Å². The Morgan fingerprint density at radius 3 is 2.47 bits per heavy atom. The number of thiophene rings is 1. The van der Waals surface area contributed by atoms with E-state index in [9.17, 15) is 14.7 Å². The standard InChI is InChI=1S/C13H18N2O3S/c1-7-8(2)19-11(10(7)12(16)17)14-13(18)15(3)9-5-4-6-9/h9H,4-6H2,1-3H3,(H,14,18)(H,16,17). The van der Waals surface area contributed by atoms with Crippen LogP contribution in [0, 0.1) is 13.8 Å². The predicted octanol–water partition coefficient (Wildman–Crippen LogP) is 3.08. The van der Waals surface area contributed by atoms with E-state index in [4.69, 9.17) is 0 Å². The van der Waals surface area contributed by atoms with Crippen molar-refractivity contribution in [3.8, 4) is 0 Å². The van der Waals surface area contributed by atoms with Crippen molar-refractivity contribution < 1.29 is 14.7 Å². The average molecular weight is 282 g/mol. The van der Waals surface area contributed by atoms with Crippen molar-refractivity contribution in [2.45, 2.75) is 39.2 Å². The van der Waals surface area contributed by atoms with Gasteiger partial charge >= 0.3 is 12.0 Å². The number of rotatable bonds is 3. The van der Waals surface area contributed by atoms with Crippen LogP contribution in [-0.2, 0) is 0 Å². The lowest BCUT2D eigenvalue weighted by Gasteiger charge is -2.34. The van der Waals surface area contributed by atoms with Gasteiger partial charge in [0.05, 0.1) is 5.56 Å². The number of anilines is 1. The van der Waals surface area contributed by atoms with Gasteiger partial charge in [-0.3, -0.25) is 5.32 Å². The fraction of sp³-hybridized carbons (Fsp3) is 0.538. The number of hydrogen-bond donors (Lipinski definition) is 2. The zero-order valence-electron chi connectivity index (χ0n) is 11.3. The highest BCUT2D eigenvalue weighted by Crippen LogP contribution is 2.33. The van der Waals surface area contributed by atoms with Gasteiger partial charge < -0.3 is 10.0 Å². The van der Waals surface area contributed by atoms with Gasteiger partial charge in [-0.1, -0.05) is 0 Å². The van der Waals surface area contributed by atoms with Crippen molar-refractivity contribution in [2.75, 3.05) is 12.4 Å². The second-order valence-corrected chi connectivity index (χ2v) is 6.14. The molecule has 0 spiro atoms. The van der Waals surface area contributed by atoms with Crippen molar-refractivity contribution in [1.82, 2.24) is 4.90 Å². The molecule has 104 valence electrons. The Bertz CT molecular complexity index is 520. The molecule has 0 aromatic carbocycles. The van der Waals surface area contributed by atoms with Crippen molar-refractivity contribution in [1.29, 1.82) is 0 Å². The number of hydrogen-bond acceptors (Lipinski definition) is 3. The summed E-state index contributed by atoms with van der Waals surface area (Å²) in [6.07, 6.45) is 3.20. The first-order chi connectivity index (χ1) is 8.91. The first kappa shape index (κ1) is 13.9. The maximum atomic E-state index is 12.1. The van der Waals surface area contributed by atoms with Crippen LogP contribution in [0.3, 0.4) is 0 Å². The van der Waals surface area contributed by atoms with Crippen LogP contribution >= 0.6 is 11.3 Å². The number of amides is 2. The normalized spacial score (nSPS) is 14.9. The summed E-state index contributed by atoms with van der Waals surface area (Å²) in [5.41, 5.74) is 0.928. The molecule has 0 aliphatic heterocycles. The van der Waals surface area contributed by atoms with Crippen LogP contribution < -0.4 is 5.32 Å². The van der Waals surface area contributed by atoms with E-state index < -0.39 is 5.97 Å². The SMILES string of the molecule is Cc1sc(NC(=O)N(C)C2CCC2)c(C(=O)O)c1C. The molecule has 19 heavy (non-hydrogen) atoms. The molecule has 1 aliphatic carbocycles. The molecule has 1 aromatic rings. The summed E-state index contributed by atoms with van der Waals surface area (Å²) >= 11 is 1.31. The molecule has 0 radical (unpaired) electrons. The molecular weight excluding hydrogens is 264 g/mol. The molecule has 0 bridgehead atoms. The van der Waals surface area contributed by atoms with Gasteiger partial charge in [0.2, 0.25) is 0 Å². The summed E-state index contributed by atoms with van der Waals surface area (Å²) in [6, 6.07) is 0.0592. The van der Waals surface area contributed by atoms with E-state index in [1.54, 1.807) is 18.9 Å². The first-order valence-electron chi connectivity index (χ1n) is 6.29. The third kappa shape index (κ3) is 2.58. The number of carboxylic acids is 1. The zero-order valence-corrected chi connectivity index (χ0v) is 12.1. The molecule has 1 aliphatic rings. The third-order valence-electron chi connectivity index (χ3n) is 3.76. The van der Waals surface area contributed by atoms with Crippen molar-refractivity contribution in [3.05, 3.63) is 16.0 Å². The number of carbonyl (C=O) groups excluding carboxylic acids is 1. The lowest BCUT2D eigenvalue weighted by molar-refractivity contribution is 0.0697. The van der Waals surface area contributed by atoms with Gasteiger partial charge in [-0.25, -0.2) is 9.59 Å². The Morgan fingerprint density at radius 1 is 1.37 bits per heavy atom. The minimum Gasteiger partial charge on any atom is -0.478 e. The fourth-order valence-electron chi connectivity index (χ4n) is 2.10. The summed E-state index contributed by atoms with van der Waals surface area (Å²) in [7, 11) is 1.76. The highest BCUT2D eigenvalue weighted by Gasteiger charge is 2.27. The van der Waals surface area contributed by atoms with Crippen molar-refractivity contribution in [2.24, 2.45) is 0 Å². The molecule has 5 nitrogen and oxygen atoms in total. The van der Waals surface area contributed by atoms with Gasteiger partial charge in [0, 0.05) is 18.0 Å². The Kier molecular flexibility index (Phi) is 3.80. The van der Waals surface area contributed by atoms with E-state index in [0.29, 0.717) is 5.00 Å². The first-order valence-corrected chi connectivity index (χ1v) is 7.10. The third-order valence-corrected chi connectivity index (χ3v) is 4.89. The summed E-state index contributed by atoms with van der Waals surface area (Å²) in [5.74, 6) is -0.997. The Morgan fingerprint density at radius 2 is 2.00 bits per heavy atom. The van der Waals surface area contributed by atoms with Gasteiger partial charge in [-0.2, -0.15) is 0 Å². The number of carbonyl (C=O) groups is 2. The lowest BCUT2D eigenvalue weighted by Crippen LogP contribution is -2.43. The minimum atomic E-state index is -0.997. The van der Waals surface area contributed by atoms with E-state index in [1.807, 2.05) is 6.92 Å². The van der Waals surface area contributed by atoms with Crippen LogP contribution in [0.15, 0.2) is 0 Å². The average Bonchev–Trinajstić information content (AvgIpc) is 2.51. The molecule has 0 atom stereocenters. The molecule has 2 amide bonds. The lowest BCUT2D eigenvalue weighted by atomic mass is 9.92. The minimum absolute atomic E-state index is 0.206. The Balaban J connectivity index is 2.16. The van der Waals surface area contributed by atoms with Crippen LogP contribution in [-0.4, -0.2) is 35.1 Å². The number of aryl methyl sites for hydroxylation is 1. The molecule has 1 heterocycles. The highest BCUT2D eigenvalue weighted by atomic mass is 32.1. The Labute approximate surface area is 116 Å². The van der Waals surface area contributed by atoms with Crippen molar-refractivity contribution >= 4 is 28.3 Å². The highest BCUT2D eigenvalue weighted by molar-refractivity contribution is 7.16. The van der Waals surface area contributed by atoms with Gasteiger partial charge in [-0.15, -0.1) is 11.3 Å². The van der Waals surface area contributed by atoms with E-state index in [1.165, 1.54) is 11.3 Å². The molecule has 1 fully saturated rings. The largest absolute Gasteiger partial charge is 0.478 e. The van der Waals surface area contributed by atoms with E-state index in [2.05, 4.69) is 5.32 Å². The molecule has 1 saturated carbocycles. The second-order valence-electron chi connectivity index (χ2n) is 4.92. The molecule has 0 unspecified atom stereocenters. The van der Waals surface area contributed by atoms with E-state index >= 15 is 0 Å². The smallest absolute Gasteiger partial charge is 0.338 e. The number of urea groups is 1. The number of nitrogens with zero attached hydrogens (tertiary/aromatic N) is 1. The molecule has 2 rings (SSSR count). The monoisotopic (exact) mass is 282 g/mol. The molecular formula is C13H18N2O3S. The predicted molar refractivity (Wildman–Crippen MR) is 75.2 cm³/mol. The number of nitrogens with one attached hydrogen (secondary N) is 1. The fourth-order valence-corrected chi connectivity index (χ4v) is 3.14. The summed E-state index contributed by atoms with van der Waals surface area (Å²) in [6.45, 7) is 3.62. The summed E-state index contributed by atoms with van der Waals surface area (Å²) in [5, 5.41) is 12.4. The van der Waals surface area contributed by atoms with Crippen LogP contribution in [0.2, 0.25) is 0 Å². The van der Waals surface area contributed by atoms with E-state index in [-0.39, 0.29) is 17.6 Å². The van der Waals surface area contributed by atoms with Crippen LogP contribution in [0.25, 0.3) is 0 Å². The van der Waals surface area contributed by atoms with Crippen LogP contribution in [0.4, 0.5) is 9.80 Å². The molecule has 6 heteroatoms. The number of carboxylic acid groups (broad SMARTS) is 1. The molecule has 2 N–H and O–H groups in total. The number of aromatic carboxylic acids is 1. The Hall–Kier alpha value is -1.56. The van der Waals surface area contributed by atoms with Gasteiger partial charge in [-0.05, 0) is 38.7 Å². The summed E-state index contributed by atoms with van der Waals surface area (Å²) in [4.78, 5) is 25.9. The topological polar surface area (TPSA) is 69.6 Å². The second kappa shape index (κ2) is 5.21. The molecule has 0 saturated heterocycles. The maximum Gasteiger partial charge on any atom is 0.338 e. The zero-order chi connectivity index (χ0) is 14.2.